The van der Waals surface area contributed by atoms with Crippen molar-refractivity contribution in [1.29, 1.82) is 0 Å². The molecule has 0 aliphatic heterocycles. The Balaban J connectivity index is 1.70. The summed E-state index contributed by atoms with van der Waals surface area (Å²) in [6, 6.07) is 13.5. The zero-order chi connectivity index (χ0) is 13.8. The summed E-state index contributed by atoms with van der Waals surface area (Å²) in [6.07, 6.45) is 10.9. The Morgan fingerprint density at radius 2 is 2.00 bits per heavy atom. The van der Waals surface area contributed by atoms with E-state index in [9.17, 15) is 0 Å². The second-order valence-electron chi connectivity index (χ2n) is 5.92. The molecule has 1 aliphatic rings. The first-order chi connectivity index (χ1) is 9.85. The maximum Gasteiger partial charge on any atom is 0.0469 e. The molecule has 1 aromatic carbocycles. The van der Waals surface area contributed by atoms with Crippen LogP contribution in [0.5, 0.6) is 0 Å². The first kappa shape index (κ1) is 13.3. The van der Waals surface area contributed by atoms with Crippen LogP contribution in [0.2, 0.25) is 0 Å². The molecule has 1 saturated carbocycles. The molecule has 1 aromatic heterocycles. The summed E-state index contributed by atoms with van der Waals surface area (Å²) in [5.41, 5.74) is 2.47. The quantitative estimate of drug-likeness (QED) is 0.838. The highest BCUT2D eigenvalue weighted by Crippen LogP contribution is 2.29. The van der Waals surface area contributed by atoms with E-state index in [1.807, 2.05) is 0 Å². The van der Waals surface area contributed by atoms with Crippen LogP contribution in [0.4, 0.5) is 5.69 Å². The molecule has 0 saturated heterocycles. The standard InChI is InChI=1S/C18H24N2/c1-2-15-7-5-8-16(13-15)19-17-9-6-10-18(14-17)20-11-3-4-12-20/h3-4,6,9-12,14-16,19H,2,5,7-8,13H2,1H3. The van der Waals surface area contributed by atoms with Gasteiger partial charge in [0.1, 0.15) is 0 Å². The third-order valence-electron chi connectivity index (χ3n) is 4.48. The summed E-state index contributed by atoms with van der Waals surface area (Å²) in [7, 11) is 0. The molecule has 2 aromatic rings. The molecule has 3 rings (SSSR count). The van der Waals surface area contributed by atoms with Crippen molar-refractivity contribution in [3.63, 3.8) is 0 Å². The van der Waals surface area contributed by atoms with Gasteiger partial charge in [-0.1, -0.05) is 32.3 Å². The van der Waals surface area contributed by atoms with Crippen LogP contribution < -0.4 is 5.32 Å². The van der Waals surface area contributed by atoms with Gasteiger partial charge in [-0.2, -0.15) is 0 Å². The fourth-order valence-electron chi connectivity index (χ4n) is 3.29. The molecule has 0 spiro atoms. The Labute approximate surface area is 121 Å². The Kier molecular flexibility index (Phi) is 4.10. The van der Waals surface area contributed by atoms with Gasteiger partial charge in [-0.15, -0.1) is 0 Å². The third kappa shape index (κ3) is 3.06. The second kappa shape index (κ2) is 6.17. The van der Waals surface area contributed by atoms with Gasteiger partial charge >= 0.3 is 0 Å². The minimum absolute atomic E-state index is 0.647. The number of nitrogens with zero attached hydrogens (tertiary/aromatic N) is 1. The number of benzene rings is 1. The Morgan fingerprint density at radius 3 is 2.80 bits per heavy atom. The van der Waals surface area contributed by atoms with Crippen LogP contribution >= 0.6 is 0 Å². The number of aromatic nitrogens is 1. The molecular weight excluding hydrogens is 244 g/mol. The fraction of sp³-hybridized carbons (Fsp3) is 0.444. The minimum atomic E-state index is 0.647. The van der Waals surface area contributed by atoms with Gasteiger partial charge in [0, 0.05) is 29.8 Å². The third-order valence-corrected chi connectivity index (χ3v) is 4.48. The molecule has 0 amide bonds. The van der Waals surface area contributed by atoms with Gasteiger partial charge in [-0.3, -0.25) is 0 Å². The van der Waals surface area contributed by atoms with Gasteiger partial charge in [0.15, 0.2) is 0 Å². The monoisotopic (exact) mass is 268 g/mol. The Morgan fingerprint density at radius 1 is 1.15 bits per heavy atom. The number of rotatable bonds is 4. The highest BCUT2D eigenvalue weighted by atomic mass is 15.0. The van der Waals surface area contributed by atoms with Gasteiger partial charge < -0.3 is 9.88 Å². The van der Waals surface area contributed by atoms with Gasteiger partial charge in [0.05, 0.1) is 0 Å². The van der Waals surface area contributed by atoms with E-state index in [-0.39, 0.29) is 0 Å². The zero-order valence-electron chi connectivity index (χ0n) is 12.3. The average molecular weight is 268 g/mol. The van der Waals surface area contributed by atoms with E-state index in [1.54, 1.807) is 0 Å². The number of anilines is 1. The van der Waals surface area contributed by atoms with Crippen LogP contribution in [0.15, 0.2) is 48.8 Å². The van der Waals surface area contributed by atoms with Crippen LogP contribution in [0.1, 0.15) is 39.0 Å². The van der Waals surface area contributed by atoms with Crippen LogP contribution in [-0.2, 0) is 0 Å². The molecule has 2 nitrogen and oxygen atoms in total. The average Bonchev–Trinajstić information content (AvgIpc) is 3.02. The van der Waals surface area contributed by atoms with E-state index >= 15 is 0 Å². The van der Waals surface area contributed by atoms with Crippen molar-refractivity contribution in [3.8, 4) is 5.69 Å². The van der Waals surface area contributed by atoms with Crippen molar-refractivity contribution in [3.05, 3.63) is 48.8 Å². The molecule has 2 unspecified atom stereocenters. The van der Waals surface area contributed by atoms with E-state index in [0.29, 0.717) is 6.04 Å². The van der Waals surface area contributed by atoms with E-state index in [0.717, 1.165) is 5.92 Å². The lowest BCUT2D eigenvalue weighted by molar-refractivity contribution is 0.327. The number of hydrogen-bond donors (Lipinski definition) is 1. The van der Waals surface area contributed by atoms with Crippen LogP contribution in [0.3, 0.4) is 0 Å². The van der Waals surface area contributed by atoms with Crippen molar-refractivity contribution in [2.24, 2.45) is 5.92 Å². The van der Waals surface area contributed by atoms with Gasteiger partial charge in [-0.25, -0.2) is 0 Å². The molecule has 0 radical (unpaired) electrons. The largest absolute Gasteiger partial charge is 0.382 e. The molecule has 1 N–H and O–H groups in total. The first-order valence-electron chi connectivity index (χ1n) is 7.85. The Hall–Kier alpha value is -1.70. The summed E-state index contributed by atoms with van der Waals surface area (Å²) >= 11 is 0. The van der Waals surface area contributed by atoms with Crippen LogP contribution in [0, 0.1) is 5.92 Å². The zero-order valence-corrected chi connectivity index (χ0v) is 12.3. The lowest BCUT2D eigenvalue weighted by atomic mass is 9.84. The molecule has 20 heavy (non-hydrogen) atoms. The van der Waals surface area contributed by atoms with Crippen LogP contribution in [-0.4, -0.2) is 10.6 Å². The highest BCUT2D eigenvalue weighted by Gasteiger charge is 2.20. The highest BCUT2D eigenvalue weighted by molar-refractivity contribution is 5.51. The number of hydrogen-bond acceptors (Lipinski definition) is 1. The van der Waals surface area contributed by atoms with Gasteiger partial charge in [0.2, 0.25) is 0 Å². The molecule has 1 heterocycles. The van der Waals surface area contributed by atoms with Gasteiger partial charge in [0.25, 0.3) is 0 Å². The summed E-state index contributed by atoms with van der Waals surface area (Å²) < 4.78 is 2.15. The predicted octanol–water partition coefficient (Wildman–Crippen LogP) is 4.86. The number of nitrogens with one attached hydrogen (secondary N) is 1. The lowest BCUT2D eigenvalue weighted by Gasteiger charge is -2.30. The summed E-state index contributed by atoms with van der Waals surface area (Å²) in [5, 5.41) is 3.73. The fourth-order valence-corrected chi connectivity index (χ4v) is 3.29. The Bertz CT molecular complexity index is 530. The molecule has 2 atom stereocenters. The van der Waals surface area contributed by atoms with Crippen LogP contribution in [0.25, 0.3) is 5.69 Å². The van der Waals surface area contributed by atoms with Crippen molar-refractivity contribution >= 4 is 5.69 Å². The molecule has 2 heteroatoms. The summed E-state index contributed by atoms with van der Waals surface area (Å²) in [5.74, 6) is 0.911. The molecule has 106 valence electrons. The maximum atomic E-state index is 3.73. The van der Waals surface area contributed by atoms with Crippen molar-refractivity contribution in [2.45, 2.75) is 45.1 Å². The maximum absolute atomic E-state index is 3.73. The topological polar surface area (TPSA) is 17.0 Å². The SMILES string of the molecule is CCC1CCCC(Nc2cccc(-n3cccc3)c2)C1. The smallest absolute Gasteiger partial charge is 0.0469 e. The van der Waals surface area contributed by atoms with Crippen molar-refractivity contribution in [1.82, 2.24) is 4.57 Å². The van der Waals surface area contributed by atoms with E-state index in [2.05, 4.69) is 65.6 Å². The van der Waals surface area contributed by atoms with Crippen molar-refractivity contribution in [2.75, 3.05) is 5.32 Å². The van der Waals surface area contributed by atoms with Crippen molar-refractivity contribution < 1.29 is 0 Å². The minimum Gasteiger partial charge on any atom is -0.382 e. The first-order valence-corrected chi connectivity index (χ1v) is 7.85. The van der Waals surface area contributed by atoms with E-state index in [1.165, 1.54) is 43.5 Å². The molecule has 1 fully saturated rings. The lowest BCUT2D eigenvalue weighted by Crippen LogP contribution is -2.27. The van der Waals surface area contributed by atoms with Gasteiger partial charge in [-0.05, 0) is 49.1 Å². The molecule has 1 aliphatic carbocycles. The van der Waals surface area contributed by atoms with E-state index in [4.69, 9.17) is 0 Å². The molecule has 0 bridgehead atoms. The summed E-state index contributed by atoms with van der Waals surface area (Å²) in [6.45, 7) is 2.32. The molecular formula is C18H24N2. The summed E-state index contributed by atoms with van der Waals surface area (Å²) in [4.78, 5) is 0. The van der Waals surface area contributed by atoms with E-state index < -0.39 is 0 Å². The normalized spacial score (nSPS) is 22.6. The predicted molar refractivity (Wildman–Crippen MR) is 85.4 cm³/mol. The second-order valence-corrected chi connectivity index (χ2v) is 5.92.